The van der Waals surface area contributed by atoms with Crippen molar-refractivity contribution in [2.45, 2.75) is 52.4 Å². The Hall–Kier alpha value is -3.07. The molecule has 8 nitrogen and oxygen atoms in total. The van der Waals surface area contributed by atoms with E-state index < -0.39 is 0 Å². The van der Waals surface area contributed by atoms with E-state index in [2.05, 4.69) is 20.9 Å². The topological polar surface area (TPSA) is 97.1 Å². The van der Waals surface area contributed by atoms with E-state index in [0.717, 1.165) is 53.7 Å². The van der Waals surface area contributed by atoms with Crippen LogP contribution in [-0.4, -0.2) is 38.0 Å². The Morgan fingerprint density at radius 2 is 1.97 bits per heavy atom. The number of nitrogens with zero attached hydrogens (tertiary/aromatic N) is 1. The number of aliphatic imine (C=N–C) groups is 1. The van der Waals surface area contributed by atoms with Crippen LogP contribution in [0.1, 0.15) is 42.6 Å². The molecule has 1 aromatic heterocycles. The summed E-state index contributed by atoms with van der Waals surface area (Å²) in [6.07, 6.45) is 3.71. The molecule has 1 atom stereocenters. The summed E-state index contributed by atoms with van der Waals surface area (Å²) in [4.78, 5) is 17.3. The van der Waals surface area contributed by atoms with Gasteiger partial charge in [-0.1, -0.05) is 23.7 Å². The number of aryl methyl sites for hydroxylation is 2. The van der Waals surface area contributed by atoms with Crippen LogP contribution in [0.2, 0.25) is 5.02 Å². The standard InChI is InChI=1S/C27H33ClN4O4/c1-18-19(2)36-24-12-11-22(16-23(18)24)31-26(30-17-20-7-9-21(28)10-8-20)32-27(33)29-13-5-15-35-25-6-3-4-14-34-25/h7-12,16,25H,3-6,13-15,17H2,1-2H3,(H3,29,30,31,32,33). The van der Waals surface area contributed by atoms with Crippen LogP contribution < -0.4 is 16.0 Å². The van der Waals surface area contributed by atoms with Gasteiger partial charge in [-0.2, -0.15) is 0 Å². The van der Waals surface area contributed by atoms with E-state index >= 15 is 0 Å². The molecule has 1 saturated heterocycles. The Kier molecular flexibility index (Phi) is 9.22. The van der Waals surface area contributed by atoms with Gasteiger partial charge in [0.1, 0.15) is 11.3 Å². The van der Waals surface area contributed by atoms with Gasteiger partial charge in [-0.15, -0.1) is 0 Å². The Morgan fingerprint density at radius 3 is 2.75 bits per heavy atom. The number of hydrogen-bond donors (Lipinski definition) is 3. The third-order valence-corrected chi connectivity index (χ3v) is 6.30. The van der Waals surface area contributed by atoms with Crippen LogP contribution in [0, 0.1) is 13.8 Å². The lowest BCUT2D eigenvalue weighted by Gasteiger charge is -2.22. The molecule has 9 heteroatoms. The third kappa shape index (κ3) is 7.46. The molecule has 2 heterocycles. The van der Waals surface area contributed by atoms with Gasteiger partial charge in [-0.3, -0.25) is 5.32 Å². The number of guanidine groups is 1. The van der Waals surface area contributed by atoms with E-state index in [1.165, 1.54) is 0 Å². The van der Waals surface area contributed by atoms with Crippen molar-refractivity contribution in [1.29, 1.82) is 0 Å². The number of hydrogen-bond acceptors (Lipinski definition) is 5. The molecular formula is C27H33ClN4O4. The zero-order chi connectivity index (χ0) is 25.3. The number of halogens is 1. The maximum absolute atomic E-state index is 12.6. The van der Waals surface area contributed by atoms with E-state index in [1.807, 2.05) is 56.3 Å². The smallest absolute Gasteiger partial charge is 0.321 e. The first-order valence-electron chi connectivity index (χ1n) is 12.3. The molecule has 0 spiro atoms. The summed E-state index contributed by atoms with van der Waals surface area (Å²) in [5.41, 5.74) is 3.59. The van der Waals surface area contributed by atoms with Crippen LogP contribution in [-0.2, 0) is 16.0 Å². The summed E-state index contributed by atoms with van der Waals surface area (Å²) in [5.74, 6) is 1.22. The van der Waals surface area contributed by atoms with Gasteiger partial charge in [-0.25, -0.2) is 9.79 Å². The van der Waals surface area contributed by atoms with Crippen molar-refractivity contribution in [1.82, 2.24) is 16.0 Å². The molecule has 3 aromatic rings. The minimum atomic E-state index is -0.345. The molecule has 2 aromatic carbocycles. The number of fused-ring (bicyclic) bond motifs is 1. The highest BCUT2D eigenvalue weighted by Crippen LogP contribution is 2.28. The maximum atomic E-state index is 12.6. The molecule has 4 rings (SSSR count). The fourth-order valence-electron chi connectivity index (χ4n) is 3.91. The van der Waals surface area contributed by atoms with Gasteiger partial charge in [0.2, 0.25) is 5.96 Å². The van der Waals surface area contributed by atoms with E-state index in [9.17, 15) is 4.79 Å². The van der Waals surface area contributed by atoms with Crippen molar-refractivity contribution in [3.05, 3.63) is 64.4 Å². The van der Waals surface area contributed by atoms with Gasteiger partial charge in [-0.05, 0) is 81.0 Å². The second-order valence-electron chi connectivity index (χ2n) is 8.81. The second kappa shape index (κ2) is 12.8. The zero-order valence-electron chi connectivity index (χ0n) is 20.7. The molecule has 0 saturated carbocycles. The highest BCUT2D eigenvalue weighted by Gasteiger charge is 2.14. The Balaban J connectivity index is 1.36. The molecule has 192 valence electrons. The lowest BCUT2D eigenvalue weighted by molar-refractivity contribution is -0.162. The molecule has 1 unspecified atom stereocenters. The molecule has 36 heavy (non-hydrogen) atoms. The van der Waals surface area contributed by atoms with Gasteiger partial charge in [0, 0.05) is 30.1 Å². The number of rotatable bonds is 8. The Labute approximate surface area is 216 Å². The lowest BCUT2D eigenvalue weighted by atomic mass is 10.1. The van der Waals surface area contributed by atoms with Crippen molar-refractivity contribution >= 4 is 40.2 Å². The van der Waals surface area contributed by atoms with Crippen LogP contribution in [0.3, 0.4) is 0 Å². The van der Waals surface area contributed by atoms with Crippen LogP contribution in [0.4, 0.5) is 10.5 Å². The molecule has 1 fully saturated rings. The van der Waals surface area contributed by atoms with Crippen molar-refractivity contribution in [2.24, 2.45) is 4.99 Å². The van der Waals surface area contributed by atoms with Crippen molar-refractivity contribution in [3.63, 3.8) is 0 Å². The summed E-state index contributed by atoms with van der Waals surface area (Å²) in [6, 6.07) is 12.9. The fourth-order valence-corrected chi connectivity index (χ4v) is 4.04. The van der Waals surface area contributed by atoms with Gasteiger partial charge >= 0.3 is 6.03 Å². The fraction of sp³-hybridized carbons (Fsp3) is 0.407. The zero-order valence-corrected chi connectivity index (χ0v) is 21.5. The first kappa shape index (κ1) is 26.0. The SMILES string of the molecule is Cc1oc2ccc(/N=C(/NCc3ccc(Cl)cc3)NC(=O)NCCCOC3CCCCO3)cc2c1C. The molecular weight excluding hydrogens is 480 g/mol. The second-order valence-corrected chi connectivity index (χ2v) is 9.24. The molecule has 1 aliphatic rings. The third-order valence-electron chi connectivity index (χ3n) is 6.05. The maximum Gasteiger partial charge on any atom is 0.321 e. The first-order chi connectivity index (χ1) is 17.5. The number of ether oxygens (including phenoxy) is 2. The highest BCUT2D eigenvalue weighted by atomic mass is 35.5. The van der Waals surface area contributed by atoms with Crippen LogP contribution >= 0.6 is 11.6 Å². The van der Waals surface area contributed by atoms with Gasteiger partial charge in [0.25, 0.3) is 0 Å². The highest BCUT2D eigenvalue weighted by molar-refractivity contribution is 6.30. The molecule has 2 amide bonds. The van der Waals surface area contributed by atoms with Crippen molar-refractivity contribution in [3.8, 4) is 0 Å². The average Bonchev–Trinajstić information content (AvgIpc) is 3.16. The first-order valence-corrected chi connectivity index (χ1v) is 12.7. The van der Waals surface area contributed by atoms with Gasteiger partial charge < -0.3 is 24.5 Å². The van der Waals surface area contributed by atoms with Crippen LogP contribution in [0.5, 0.6) is 0 Å². The van der Waals surface area contributed by atoms with Crippen molar-refractivity contribution < 1.29 is 18.7 Å². The van der Waals surface area contributed by atoms with Crippen molar-refractivity contribution in [2.75, 3.05) is 19.8 Å². The van der Waals surface area contributed by atoms with E-state index in [1.54, 1.807) is 0 Å². The average molecular weight is 513 g/mol. The Bertz CT molecular complexity index is 1190. The van der Waals surface area contributed by atoms with E-state index in [4.69, 9.17) is 25.5 Å². The van der Waals surface area contributed by atoms with Crippen LogP contribution in [0.25, 0.3) is 11.0 Å². The number of benzene rings is 2. The number of carbonyl (C=O) groups excluding carboxylic acids is 1. The number of amides is 2. The Morgan fingerprint density at radius 1 is 1.14 bits per heavy atom. The lowest BCUT2D eigenvalue weighted by Crippen LogP contribution is -2.46. The van der Waals surface area contributed by atoms with Gasteiger partial charge in [0.05, 0.1) is 12.3 Å². The molecule has 1 aliphatic heterocycles. The minimum Gasteiger partial charge on any atom is -0.461 e. The minimum absolute atomic E-state index is 0.122. The molecule has 0 radical (unpaired) electrons. The summed E-state index contributed by atoms with van der Waals surface area (Å²) >= 11 is 5.99. The number of nitrogens with one attached hydrogen (secondary N) is 3. The quantitative estimate of drug-likeness (QED) is 0.204. The number of carbonyl (C=O) groups is 1. The normalized spacial score (nSPS) is 16.2. The summed E-state index contributed by atoms with van der Waals surface area (Å²) < 4.78 is 17.0. The molecule has 0 bridgehead atoms. The summed E-state index contributed by atoms with van der Waals surface area (Å²) in [7, 11) is 0. The van der Waals surface area contributed by atoms with E-state index in [0.29, 0.717) is 42.8 Å². The summed E-state index contributed by atoms with van der Waals surface area (Å²) in [5, 5.41) is 10.6. The van der Waals surface area contributed by atoms with E-state index in [-0.39, 0.29) is 12.3 Å². The monoisotopic (exact) mass is 512 g/mol. The molecule has 3 N–H and O–H groups in total. The molecule has 0 aliphatic carbocycles. The van der Waals surface area contributed by atoms with Gasteiger partial charge in [0.15, 0.2) is 6.29 Å². The van der Waals surface area contributed by atoms with Crippen LogP contribution in [0.15, 0.2) is 51.9 Å². The number of urea groups is 1. The predicted octanol–water partition coefficient (Wildman–Crippen LogP) is 5.71. The number of furan rings is 1. The largest absolute Gasteiger partial charge is 0.461 e. The predicted molar refractivity (Wildman–Crippen MR) is 142 cm³/mol. The summed E-state index contributed by atoms with van der Waals surface area (Å²) in [6.45, 7) is 6.19.